The molecular formula is C16H26N4O. The molecule has 1 aromatic rings. The van der Waals surface area contributed by atoms with Crippen molar-refractivity contribution in [3.8, 4) is 0 Å². The van der Waals surface area contributed by atoms with E-state index in [1.54, 1.807) is 0 Å². The highest BCUT2D eigenvalue weighted by Crippen LogP contribution is 2.39. The second-order valence-corrected chi connectivity index (χ2v) is 6.74. The lowest BCUT2D eigenvalue weighted by Crippen LogP contribution is -2.40. The van der Waals surface area contributed by atoms with Crippen LogP contribution in [0.25, 0.3) is 0 Å². The normalized spacial score (nSPS) is 24.6. The van der Waals surface area contributed by atoms with Crippen LogP contribution in [0.15, 0.2) is 6.07 Å². The number of hydrogen-bond acceptors (Lipinski definition) is 5. The fraction of sp³-hybridized carbons (Fsp3) is 0.750. The van der Waals surface area contributed by atoms with Gasteiger partial charge in [0.15, 0.2) is 0 Å². The minimum atomic E-state index is -0.0488. The first kappa shape index (κ1) is 14.6. The summed E-state index contributed by atoms with van der Waals surface area (Å²) in [4.78, 5) is 9.34. The number of ether oxygens (including phenoxy) is 1. The molecule has 2 aliphatic rings. The van der Waals surface area contributed by atoms with Crippen molar-refractivity contribution in [1.29, 1.82) is 0 Å². The fourth-order valence-corrected chi connectivity index (χ4v) is 2.90. The third kappa shape index (κ3) is 3.84. The van der Waals surface area contributed by atoms with Crippen LogP contribution in [0.4, 0.5) is 11.6 Å². The van der Waals surface area contributed by atoms with E-state index >= 15 is 0 Å². The summed E-state index contributed by atoms with van der Waals surface area (Å²) in [5, 5.41) is 6.90. The van der Waals surface area contributed by atoms with E-state index in [-0.39, 0.29) is 5.60 Å². The SMILES string of the molecule is CCNc1cc(NC2CCOC(C)(C)C2)nc(C2CC2)n1. The topological polar surface area (TPSA) is 59.1 Å². The third-order valence-electron chi connectivity index (χ3n) is 4.09. The predicted molar refractivity (Wildman–Crippen MR) is 84.8 cm³/mol. The average Bonchev–Trinajstić information content (AvgIpc) is 3.21. The maximum atomic E-state index is 5.78. The molecule has 116 valence electrons. The molecule has 0 bridgehead atoms. The molecule has 1 aliphatic heterocycles. The Morgan fingerprint density at radius 1 is 1.24 bits per heavy atom. The first-order valence-corrected chi connectivity index (χ1v) is 8.09. The molecule has 0 radical (unpaired) electrons. The van der Waals surface area contributed by atoms with Crippen LogP contribution in [-0.2, 0) is 4.74 Å². The molecule has 5 nitrogen and oxygen atoms in total. The molecule has 2 heterocycles. The summed E-state index contributed by atoms with van der Waals surface area (Å²) in [6.07, 6.45) is 4.48. The van der Waals surface area contributed by atoms with Crippen molar-refractivity contribution in [3.63, 3.8) is 0 Å². The van der Waals surface area contributed by atoms with E-state index in [1.807, 2.05) is 6.07 Å². The van der Waals surface area contributed by atoms with E-state index in [4.69, 9.17) is 9.72 Å². The van der Waals surface area contributed by atoms with Crippen molar-refractivity contribution in [2.75, 3.05) is 23.8 Å². The summed E-state index contributed by atoms with van der Waals surface area (Å²) in [7, 11) is 0. The molecule has 1 saturated heterocycles. The van der Waals surface area contributed by atoms with Crippen LogP contribution in [0, 0.1) is 0 Å². The summed E-state index contributed by atoms with van der Waals surface area (Å²) in [6.45, 7) is 8.09. The molecule has 1 aliphatic carbocycles. The quantitative estimate of drug-likeness (QED) is 0.872. The Morgan fingerprint density at radius 3 is 2.67 bits per heavy atom. The van der Waals surface area contributed by atoms with Crippen molar-refractivity contribution >= 4 is 11.6 Å². The average molecular weight is 290 g/mol. The minimum Gasteiger partial charge on any atom is -0.375 e. The lowest BCUT2D eigenvalue weighted by atomic mass is 9.94. The molecule has 2 fully saturated rings. The molecule has 1 aromatic heterocycles. The van der Waals surface area contributed by atoms with E-state index in [0.29, 0.717) is 12.0 Å². The molecular weight excluding hydrogens is 264 g/mol. The maximum absolute atomic E-state index is 5.78. The largest absolute Gasteiger partial charge is 0.375 e. The van der Waals surface area contributed by atoms with E-state index < -0.39 is 0 Å². The number of rotatable bonds is 5. The van der Waals surface area contributed by atoms with Gasteiger partial charge in [0.2, 0.25) is 0 Å². The standard InChI is InChI=1S/C16H26N4O/c1-4-17-13-9-14(20-15(19-13)11-5-6-11)18-12-7-8-21-16(2,3)10-12/h9,11-12H,4-8,10H2,1-3H3,(H2,17,18,19,20). The lowest BCUT2D eigenvalue weighted by Gasteiger charge is -2.36. The van der Waals surface area contributed by atoms with Gasteiger partial charge in [-0.15, -0.1) is 0 Å². The van der Waals surface area contributed by atoms with Gasteiger partial charge in [-0.05, 0) is 46.5 Å². The zero-order valence-corrected chi connectivity index (χ0v) is 13.3. The van der Waals surface area contributed by atoms with Crippen LogP contribution in [-0.4, -0.2) is 34.8 Å². The number of nitrogens with one attached hydrogen (secondary N) is 2. The first-order chi connectivity index (χ1) is 10.1. The molecule has 2 N–H and O–H groups in total. The van der Waals surface area contributed by atoms with Gasteiger partial charge < -0.3 is 15.4 Å². The summed E-state index contributed by atoms with van der Waals surface area (Å²) >= 11 is 0. The molecule has 0 spiro atoms. The number of aromatic nitrogens is 2. The number of nitrogens with zero attached hydrogens (tertiary/aromatic N) is 2. The second-order valence-electron chi connectivity index (χ2n) is 6.74. The molecule has 5 heteroatoms. The van der Waals surface area contributed by atoms with E-state index in [1.165, 1.54) is 12.8 Å². The van der Waals surface area contributed by atoms with Gasteiger partial charge >= 0.3 is 0 Å². The van der Waals surface area contributed by atoms with Crippen LogP contribution in [0.1, 0.15) is 58.2 Å². The van der Waals surface area contributed by atoms with Gasteiger partial charge in [0.05, 0.1) is 5.60 Å². The summed E-state index contributed by atoms with van der Waals surface area (Å²) in [6, 6.07) is 2.45. The molecule has 21 heavy (non-hydrogen) atoms. The Bertz CT molecular complexity index is 499. The monoisotopic (exact) mass is 290 g/mol. The van der Waals surface area contributed by atoms with Crippen LogP contribution >= 0.6 is 0 Å². The zero-order chi connectivity index (χ0) is 14.9. The highest BCUT2D eigenvalue weighted by atomic mass is 16.5. The molecule has 1 unspecified atom stereocenters. The van der Waals surface area contributed by atoms with E-state index in [9.17, 15) is 0 Å². The lowest BCUT2D eigenvalue weighted by molar-refractivity contribution is -0.0553. The van der Waals surface area contributed by atoms with Crippen molar-refractivity contribution in [2.24, 2.45) is 0 Å². The zero-order valence-electron chi connectivity index (χ0n) is 13.3. The Kier molecular flexibility index (Phi) is 4.02. The van der Waals surface area contributed by atoms with Crippen molar-refractivity contribution in [3.05, 3.63) is 11.9 Å². The van der Waals surface area contributed by atoms with Gasteiger partial charge in [0.1, 0.15) is 17.5 Å². The summed E-state index contributed by atoms with van der Waals surface area (Å²) < 4.78 is 5.78. The van der Waals surface area contributed by atoms with Gasteiger partial charge in [-0.3, -0.25) is 0 Å². The van der Waals surface area contributed by atoms with Crippen LogP contribution in [0.5, 0.6) is 0 Å². The summed E-state index contributed by atoms with van der Waals surface area (Å²) in [5.74, 6) is 3.44. The Balaban J connectivity index is 1.74. The van der Waals surface area contributed by atoms with E-state index in [0.717, 1.165) is 43.5 Å². The summed E-state index contributed by atoms with van der Waals surface area (Å²) in [5.41, 5.74) is -0.0488. The number of anilines is 2. The minimum absolute atomic E-state index is 0.0488. The van der Waals surface area contributed by atoms with Gasteiger partial charge in [-0.1, -0.05) is 0 Å². The molecule has 1 saturated carbocycles. The van der Waals surface area contributed by atoms with Gasteiger partial charge in [0, 0.05) is 31.2 Å². The third-order valence-corrected chi connectivity index (χ3v) is 4.09. The Hall–Kier alpha value is -1.36. The van der Waals surface area contributed by atoms with Crippen molar-refractivity contribution in [1.82, 2.24) is 9.97 Å². The second kappa shape index (κ2) is 5.79. The molecule has 1 atom stereocenters. The van der Waals surface area contributed by atoms with E-state index in [2.05, 4.69) is 36.4 Å². The molecule has 3 rings (SSSR count). The fourth-order valence-electron chi connectivity index (χ4n) is 2.90. The highest BCUT2D eigenvalue weighted by molar-refractivity contribution is 5.48. The van der Waals surface area contributed by atoms with Crippen LogP contribution in [0.2, 0.25) is 0 Å². The van der Waals surface area contributed by atoms with Gasteiger partial charge in [-0.25, -0.2) is 9.97 Å². The molecule has 0 aromatic carbocycles. The predicted octanol–water partition coefficient (Wildman–Crippen LogP) is 3.16. The maximum Gasteiger partial charge on any atom is 0.136 e. The van der Waals surface area contributed by atoms with Gasteiger partial charge in [-0.2, -0.15) is 0 Å². The Labute approximate surface area is 126 Å². The number of hydrogen-bond donors (Lipinski definition) is 2. The smallest absolute Gasteiger partial charge is 0.136 e. The Morgan fingerprint density at radius 2 is 2.00 bits per heavy atom. The van der Waals surface area contributed by atoms with Crippen LogP contribution in [0.3, 0.4) is 0 Å². The molecule has 0 amide bonds. The van der Waals surface area contributed by atoms with Crippen LogP contribution < -0.4 is 10.6 Å². The first-order valence-electron chi connectivity index (χ1n) is 8.09. The van der Waals surface area contributed by atoms with Gasteiger partial charge in [0.25, 0.3) is 0 Å². The van der Waals surface area contributed by atoms with Crippen molar-refractivity contribution in [2.45, 2.75) is 64.0 Å². The van der Waals surface area contributed by atoms with Crippen molar-refractivity contribution < 1.29 is 4.74 Å². The highest BCUT2D eigenvalue weighted by Gasteiger charge is 2.30.